The summed E-state index contributed by atoms with van der Waals surface area (Å²) in [6.07, 6.45) is -4.47. The number of carboxylic acid groups (broad SMARTS) is 1. The highest BCUT2D eigenvalue weighted by Gasteiger charge is 2.53. The van der Waals surface area contributed by atoms with Gasteiger partial charge in [-0.3, -0.25) is 9.59 Å². The third-order valence-corrected chi connectivity index (χ3v) is 2.69. The minimum atomic E-state index is -4.70. The van der Waals surface area contributed by atoms with Crippen molar-refractivity contribution < 1.29 is 27.9 Å². The van der Waals surface area contributed by atoms with Crippen LogP contribution in [0.25, 0.3) is 0 Å². The molecule has 1 amide bonds. The van der Waals surface area contributed by atoms with E-state index in [1.54, 1.807) is 0 Å². The number of hydrogen-bond acceptors (Lipinski definition) is 2. The topological polar surface area (TPSA) is 57.6 Å². The average Bonchev–Trinajstić information content (AvgIpc) is 2.15. The van der Waals surface area contributed by atoms with E-state index in [-0.39, 0.29) is 19.4 Å². The first-order chi connectivity index (χ1) is 7.25. The third kappa shape index (κ3) is 2.45. The zero-order valence-corrected chi connectivity index (χ0v) is 8.62. The number of piperidine rings is 1. The van der Waals surface area contributed by atoms with Gasteiger partial charge in [-0.05, 0) is 12.8 Å². The van der Waals surface area contributed by atoms with Gasteiger partial charge >= 0.3 is 12.1 Å². The Labute approximate surface area is 90.0 Å². The van der Waals surface area contributed by atoms with Crippen molar-refractivity contribution in [3.8, 4) is 0 Å². The molecule has 1 aliphatic heterocycles. The maximum atomic E-state index is 12.7. The lowest BCUT2D eigenvalue weighted by molar-refractivity contribution is -0.211. The first-order valence-corrected chi connectivity index (χ1v) is 4.82. The predicted octanol–water partition coefficient (Wildman–Crippen LogP) is 1.26. The fraction of sp³-hybridized carbons (Fsp3) is 0.778. The van der Waals surface area contributed by atoms with E-state index < -0.39 is 30.0 Å². The lowest BCUT2D eigenvalue weighted by atomic mass is 9.88. The number of nitrogens with zero attached hydrogens (tertiary/aromatic N) is 1. The quantitative estimate of drug-likeness (QED) is 0.749. The Morgan fingerprint density at radius 3 is 2.31 bits per heavy atom. The van der Waals surface area contributed by atoms with Gasteiger partial charge in [0, 0.05) is 13.5 Å². The van der Waals surface area contributed by atoms with Gasteiger partial charge in [-0.2, -0.15) is 13.2 Å². The zero-order valence-electron chi connectivity index (χ0n) is 8.62. The number of aliphatic carboxylic acids is 1. The van der Waals surface area contributed by atoms with E-state index >= 15 is 0 Å². The van der Waals surface area contributed by atoms with Crippen molar-refractivity contribution in [2.75, 3.05) is 6.54 Å². The van der Waals surface area contributed by atoms with Crippen molar-refractivity contribution in [3.63, 3.8) is 0 Å². The Bertz CT molecular complexity index is 281. The number of carboxylic acids is 1. The van der Waals surface area contributed by atoms with E-state index in [1.165, 1.54) is 0 Å². The van der Waals surface area contributed by atoms with Gasteiger partial charge in [-0.25, -0.2) is 0 Å². The largest absolute Gasteiger partial charge is 0.481 e. The van der Waals surface area contributed by atoms with Gasteiger partial charge in [0.15, 0.2) is 0 Å². The highest BCUT2D eigenvalue weighted by molar-refractivity contribution is 5.77. The molecule has 1 fully saturated rings. The maximum Gasteiger partial charge on any atom is 0.409 e. The third-order valence-electron chi connectivity index (χ3n) is 2.69. The molecule has 0 aliphatic carbocycles. The number of alkyl halides is 3. The van der Waals surface area contributed by atoms with Crippen molar-refractivity contribution in [2.24, 2.45) is 5.92 Å². The second-order valence-electron chi connectivity index (χ2n) is 3.79. The van der Waals surface area contributed by atoms with Crippen molar-refractivity contribution in [2.45, 2.75) is 32.0 Å². The highest BCUT2D eigenvalue weighted by atomic mass is 19.4. The van der Waals surface area contributed by atoms with Gasteiger partial charge in [0.05, 0.1) is 5.92 Å². The van der Waals surface area contributed by atoms with E-state index in [4.69, 9.17) is 5.11 Å². The van der Waals surface area contributed by atoms with Crippen LogP contribution in [0.4, 0.5) is 13.2 Å². The maximum absolute atomic E-state index is 12.7. The van der Waals surface area contributed by atoms with E-state index in [0.29, 0.717) is 4.90 Å². The molecule has 7 heteroatoms. The number of carbonyl (C=O) groups is 2. The van der Waals surface area contributed by atoms with Crippen LogP contribution in [-0.2, 0) is 9.59 Å². The smallest absolute Gasteiger partial charge is 0.409 e. The summed E-state index contributed by atoms with van der Waals surface area (Å²) >= 11 is 0. The van der Waals surface area contributed by atoms with Crippen molar-refractivity contribution in [1.82, 2.24) is 4.90 Å². The molecule has 0 saturated carbocycles. The summed E-state index contributed by atoms with van der Waals surface area (Å²) in [6.45, 7) is 0.978. The summed E-state index contributed by atoms with van der Waals surface area (Å²) < 4.78 is 38.1. The minimum absolute atomic E-state index is 0.0384. The lowest BCUT2D eigenvalue weighted by Gasteiger charge is -2.39. The summed E-state index contributed by atoms with van der Waals surface area (Å²) in [5.41, 5.74) is 0. The van der Waals surface area contributed by atoms with Crippen LogP contribution in [-0.4, -0.2) is 40.6 Å². The standard InChI is InChI=1S/C9H12F3NO3/c1-5(14)13-4-2-3-6(8(15)16)7(13)9(10,11)12/h6-7H,2-4H2,1H3,(H,15,16)/t6-,7+/m0/s1. The monoisotopic (exact) mass is 239 g/mol. The lowest BCUT2D eigenvalue weighted by Crippen LogP contribution is -2.57. The molecule has 0 radical (unpaired) electrons. The van der Waals surface area contributed by atoms with E-state index in [1.807, 2.05) is 0 Å². The van der Waals surface area contributed by atoms with Crippen LogP contribution in [0.3, 0.4) is 0 Å². The van der Waals surface area contributed by atoms with Crippen LogP contribution in [0.5, 0.6) is 0 Å². The Morgan fingerprint density at radius 1 is 1.38 bits per heavy atom. The molecular formula is C9H12F3NO3. The molecule has 16 heavy (non-hydrogen) atoms. The van der Waals surface area contributed by atoms with Crippen molar-refractivity contribution in [3.05, 3.63) is 0 Å². The molecule has 0 spiro atoms. The molecule has 1 aliphatic rings. The molecule has 4 nitrogen and oxygen atoms in total. The predicted molar refractivity (Wildman–Crippen MR) is 47.6 cm³/mol. The molecule has 1 saturated heterocycles. The van der Waals surface area contributed by atoms with E-state index in [2.05, 4.69) is 0 Å². The number of likely N-dealkylation sites (tertiary alicyclic amines) is 1. The van der Waals surface area contributed by atoms with Crippen LogP contribution in [0.2, 0.25) is 0 Å². The molecular weight excluding hydrogens is 227 g/mol. The molecule has 2 atom stereocenters. The minimum Gasteiger partial charge on any atom is -0.481 e. The SMILES string of the molecule is CC(=O)N1CCC[C@H](C(=O)O)[C@@H]1C(F)(F)F. The number of halogens is 3. The van der Waals surface area contributed by atoms with Crippen LogP contribution in [0, 0.1) is 5.92 Å². The van der Waals surface area contributed by atoms with Gasteiger partial charge in [-0.15, -0.1) is 0 Å². The van der Waals surface area contributed by atoms with Gasteiger partial charge in [0.25, 0.3) is 0 Å². The molecule has 1 rings (SSSR count). The Kier molecular flexibility index (Phi) is 3.44. The van der Waals surface area contributed by atoms with Crippen LogP contribution in [0.1, 0.15) is 19.8 Å². The number of rotatable bonds is 1. The Balaban J connectivity index is 3.03. The number of amides is 1. The second kappa shape index (κ2) is 4.31. The molecule has 0 unspecified atom stereocenters. The molecule has 0 aromatic rings. The molecule has 0 aromatic carbocycles. The number of hydrogen-bond donors (Lipinski definition) is 1. The summed E-state index contributed by atoms with van der Waals surface area (Å²) in [4.78, 5) is 22.4. The molecule has 1 N–H and O–H groups in total. The summed E-state index contributed by atoms with van der Waals surface area (Å²) in [5, 5.41) is 8.73. The Hall–Kier alpha value is -1.27. The zero-order chi connectivity index (χ0) is 12.5. The fourth-order valence-electron chi connectivity index (χ4n) is 2.01. The van der Waals surface area contributed by atoms with Crippen molar-refractivity contribution >= 4 is 11.9 Å². The molecule has 1 heterocycles. The first-order valence-electron chi connectivity index (χ1n) is 4.82. The van der Waals surface area contributed by atoms with Crippen LogP contribution in [0.15, 0.2) is 0 Å². The average molecular weight is 239 g/mol. The number of carbonyl (C=O) groups excluding carboxylic acids is 1. The van der Waals surface area contributed by atoms with Gasteiger partial charge in [0.2, 0.25) is 5.91 Å². The van der Waals surface area contributed by atoms with E-state index in [0.717, 1.165) is 6.92 Å². The van der Waals surface area contributed by atoms with E-state index in [9.17, 15) is 22.8 Å². The van der Waals surface area contributed by atoms with Crippen LogP contribution < -0.4 is 0 Å². The molecule has 0 aromatic heterocycles. The normalized spacial score (nSPS) is 26.6. The van der Waals surface area contributed by atoms with Crippen LogP contribution >= 0.6 is 0 Å². The first kappa shape index (κ1) is 12.8. The fourth-order valence-corrected chi connectivity index (χ4v) is 2.01. The molecule has 92 valence electrons. The van der Waals surface area contributed by atoms with Gasteiger partial charge < -0.3 is 10.0 Å². The second-order valence-corrected chi connectivity index (χ2v) is 3.79. The van der Waals surface area contributed by atoms with Crippen molar-refractivity contribution in [1.29, 1.82) is 0 Å². The van der Waals surface area contributed by atoms with Gasteiger partial charge in [0.1, 0.15) is 6.04 Å². The summed E-state index contributed by atoms with van der Waals surface area (Å²) in [7, 11) is 0. The Morgan fingerprint density at radius 2 is 1.94 bits per heavy atom. The summed E-state index contributed by atoms with van der Waals surface area (Å²) in [5.74, 6) is -3.81. The summed E-state index contributed by atoms with van der Waals surface area (Å²) in [6, 6.07) is -2.20. The van der Waals surface area contributed by atoms with Gasteiger partial charge in [-0.1, -0.05) is 0 Å². The highest BCUT2D eigenvalue weighted by Crippen LogP contribution is 2.35. The molecule has 0 bridgehead atoms.